The molecule has 57 heavy (non-hydrogen) atoms. The lowest BCUT2D eigenvalue weighted by atomic mass is 10.0. The van der Waals surface area contributed by atoms with Crippen molar-refractivity contribution in [2.24, 2.45) is 9.98 Å². The van der Waals surface area contributed by atoms with Gasteiger partial charge in [0, 0.05) is 28.2 Å². The lowest BCUT2D eigenvalue weighted by molar-refractivity contribution is 0.362. The summed E-state index contributed by atoms with van der Waals surface area (Å²) in [5.74, 6) is 2.73. The van der Waals surface area contributed by atoms with Crippen LogP contribution in [0.3, 0.4) is 0 Å². The van der Waals surface area contributed by atoms with Crippen LogP contribution in [0.15, 0.2) is 186 Å². The van der Waals surface area contributed by atoms with Crippen LogP contribution in [0, 0.1) is 0 Å². The molecular formula is C52H45N3O2. The number of fused-ring (bicyclic) bond motifs is 6. The van der Waals surface area contributed by atoms with Crippen LogP contribution in [-0.4, -0.2) is 24.0 Å². The van der Waals surface area contributed by atoms with Crippen molar-refractivity contribution < 1.29 is 9.47 Å². The van der Waals surface area contributed by atoms with Gasteiger partial charge in [-0.2, -0.15) is 0 Å². The molecule has 1 aromatic heterocycles. The van der Waals surface area contributed by atoms with Crippen molar-refractivity contribution in [1.82, 2.24) is 4.57 Å². The van der Waals surface area contributed by atoms with E-state index in [0.717, 1.165) is 61.0 Å². The largest absolute Gasteiger partial charge is 0.449 e. The first-order valence-electron chi connectivity index (χ1n) is 19.0. The Labute approximate surface area is 335 Å². The molecule has 0 atom stereocenters. The second kappa shape index (κ2) is 17.9. The van der Waals surface area contributed by atoms with Crippen LogP contribution in [0.1, 0.15) is 43.0 Å². The number of allylic oxidation sites excluding steroid dienone is 11. The molecule has 1 aliphatic heterocycles. The molecule has 5 heteroatoms. The van der Waals surface area contributed by atoms with Gasteiger partial charge in [-0.3, -0.25) is 9.98 Å². The number of nitrogens with zero attached hydrogens (tertiary/aromatic N) is 3. The monoisotopic (exact) mass is 743 g/mol. The van der Waals surface area contributed by atoms with Gasteiger partial charge in [-0.1, -0.05) is 128 Å². The molecule has 7 rings (SSSR count). The second-order valence-electron chi connectivity index (χ2n) is 13.5. The molecule has 2 heterocycles. The Bertz CT molecular complexity index is 2700. The fourth-order valence-corrected chi connectivity index (χ4v) is 6.85. The lowest BCUT2D eigenvalue weighted by Crippen LogP contribution is -2.02. The van der Waals surface area contributed by atoms with Crippen molar-refractivity contribution in [3.63, 3.8) is 0 Å². The minimum absolute atomic E-state index is 0.636. The minimum Gasteiger partial charge on any atom is -0.449 e. The number of aliphatic imine (C=N–C) groups is 2. The van der Waals surface area contributed by atoms with Crippen LogP contribution in [-0.2, 0) is 0 Å². The molecule has 0 N–H and O–H groups in total. The van der Waals surface area contributed by atoms with Gasteiger partial charge in [-0.15, -0.1) is 0 Å². The number of benzene rings is 5. The number of aromatic nitrogens is 1. The zero-order chi connectivity index (χ0) is 39.6. The molecule has 0 spiro atoms. The molecule has 0 radical (unpaired) electrons. The van der Waals surface area contributed by atoms with Crippen LogP contribution in [0.5, 0.6) is 23.0 Å². The molecule has 0 saturated heterocycles. The van der Waals surface area contributed by atoms with Crippen molar-refractivity contribution in [3.05, 3.63) is 198 Å². The van der Waals surface area contributed by atoms with Crippen LogP contribution in [0.2, 0.25) is 0 Å². The zero-order valence-corrected chi connectivity index (χ0v) is 32.6. The van der Waals surface area contributed by atoms with Gasteiger partial charge in [0.25, 0.3) is 0 Å². The van der Waals surface area contributed by atoms with Crippen molar-refractivity contribution in [2.75, 3.05) is 6.54 Å². The van der Waals surface area contributed by atoms with Crippen molar-refractivity contribution in [1.29, 1.82) is 0 Å². The molecule has 1 aliphatic rings. The van der Waals surface area contributed by atoms with E-state index in [4.69, 9.17) is 9.47 Å². The van der Waals surface area contributed by atoms with Crippen LogP contribution >= 0.6 is 0 Å². The Morgan fingerprint density at radius 2 is 1.46 bits per heavy atom. The summed E-state index contributed by atoms with van der Waals surface area (Å²) >= 11 is 0. The number of hydrogen-bond acceptors (Lipinski definition) is 4. The van der Waals surface area contributed by atoms with E-state index in [1.54, 1.807) is 0 Å². The fourth-order valence-electron chi connectivity index (χ4n) is 6.85. The number of hydrogen-bond donors (Lipinski definition) is 0. The molecule has 0 fully saturated rings. The first-order valence-corrected chi connectivity index (χ1v) is 19.0. The SMILES string of the molecule is C=Cc1cc2c3ccc4c(c3n(-c3ccc(C(/C=C/C=NC/C(C)=C/C=C\C)=C/C=C\C=C(/N=C)c5ccccc5)cc3)c2cc1/C=C\C)Oc1ccccc1O4. The van der Waals surface area contributed by atoms with E-state index < -0.39 is 0 Å². The lowest BCUT2D eigenvalue weighted by Gasteiger charge is -2.22. The zero-order valence-electron chi connectivity index (χ0n) is 32.6. The van der Waals surface area contributed by atoms with E-state index in [2.05, 4.69) is 108 Å². The van der Waals surface area contributed by atoms with Crippen LogP contribution in [0.25, 0.3) is 50.9 Å². The molecule has 5 aromatic carbocycles. The highest BCUT2D eigenvalue weighted by atomic mass is 16.6. The molecular weight excluding hydrogens is 699 g/mol. The topological polar surface area (TPSA) is 48.1 Å². The predicted molar refractivity (Wildman–Crippen MR) is 244 cm³/mol. The third-order valence-corrected chi connectivity index (χ3v) is 9.62. The minimum atomic E-state index is 0.636. The summed E-state index contributed by atoms with van der Waals surface area (Å²) in [6.45, 7) is 14.7. The molecule has 6 aromatic rings. The van der Waals surface area contributed by atoms with Gasteiger partial charge < -0.3 is 14.0 Å². The van der Waals surface area contributed by atoms with Crippen LogP contribution < -0.4 is 9.47 Å². The predicted octanol–water partition coefficient (Wildman–Crippen LogP) is 14.2. The normalized spacial score (nSPS) is 13.6. The summed E-state index contributed by atoms with van der Waals surface area (Å²) in [6, 6.07) is 35.0. The number of rotatable bonds is 13. The summed E-state index contributed by atoms with van der Waals surface area (Å²) in [7, 11) is 0. The molecule has 280 valence electrons. The van der Waals surface area contributed by atoms with Gasteiger partial charge in [0.15, 0.2) is 23.0 Å². The summed E-state index contributed by atoms with van der Waals surface area (Å²) in [4.78, 5) is 8.87. The Kier molecular flexibility index (Phi) is 12.0. The highest BCUT2D eigenvalue weighted by Gasteiger charge is 2.26. The van der Waals surface area contributed by atoms with Crippen molar-refractivity contribution in [3.8, 4) is 28.7 Å². The summed E-state index contributed by atoms with van der Waals surface area (Å²) in [5.41, 5.74) is 10.2. The molecule has 0 unspecified atom stereocenters. The summed E-state index contributed by atoms with van der Waals surface area (Å²) in [6.07, 6.45) is 26.2. The van der Waals surface area contributed by atoms with E-state index in [0.29, 0.717) is 29.5 Å². The highest BCUT2D eigenvalue weighted by molar-refractivity contribution is 6.13. The summed E-state index contributed by atoms with van der Waals surface area (Å²) < 4.78 is 15.3. The Balaban J connectivity index is 1.32. The van der Waals surface area contributed by atoms with E-state index in [1.807, 2.05) is 123 Å². The highest BCUT2D eigenvalue weighted by Crippen LogP contribution is 2.51. The van der Waals surface area contributed by atoms with Crippen molar-refractivity contribution >= 4 is 58.2 Å². The Morgan fingerprint density at radius 3 is 2.19 bits per heavy atom. The maximum Gasteiger partial charge on any atom is 0.194 e. The van der Waals surface area contributed by atoms with E-state index in [1.165, 1.54) is 5.57 Å². The molecule has 5 nitrogen and oxygen atoms in total. The third kappa shape index (κ3) is 8.38. The average molecular weight is 744 g/mol. The maximum atomic E-state index is 6.64. The third-order valence-electron chi connectivity index (χ3n) is 9.62. The van der Waals surface area contributed by atoms with Gasteiger partial charge in [-0.25, -0.2) is 0 Å². The van der Waals surface area contributed by atoms with Gasteiger partial charge >= 0.3 is 0 Å². The van der Waals surface area contributed by atoms with Gasteiger partial charge in [0.2, 0.25) is 0 Å². The Morgan fingerprint density at radius 1 is 0.702 bits per heavy atom. The maximum absolute atomic E-state index is 6.64. The Hall–Kier alpha value is -7.24. The van der Waals surface area contributed by atoms with Crippen LogP contribution in [0.4, 0.5) is 0 Å². The number of para-hydroxylation sites is 2. The van der Waals surface area contributed by atoms with Gasteiger partial charge in [0.1, 0.15) is 5.52 Å². The number of ether oxygens (including phenoxy) is 2. The van der Waals surface area contributed by atoms with Gasteiger partial charge in [0.05, 0.1) is 17.8 Å². The first kappa shape index (κ1) is 38.1. The van der Waals surface area contributed by atoms with E-state index in [-0.39, 0.29) is 0 Å². The van der Waals surface area contributed by atoms with Crippen molar-refractivity contribution in [2.45, 2.75) is 20.8 Å². The molecule has 0 amide bonds. The fraction of sp³-hybridized carbons (Fsp3) is 0.0769. The van der Waals surface area contributed by atoms with E-state index in [9.17, 15) is 0 Å². The standard InChI is InChI=1S/C52H45N3O2/c1-6-9-19-37(4)36-54-33-17-23-39(20-13-14-24-46(53-5)41-21-11-10-12-22-41)40-27-29-43(30-28-40)55-47-35-42(18-7-2)38(8-3)34-45(47)44-31-32-50-52(51(44)55)57-49-26-16-15-25-48(49)56-50/h6-35H,3,5,36H2,1-2,4H3/b9-6-,14-13-,18-7-,23-17+,37-19+,39-20+,46-24-,54-33?. The molecule has 0 saturated carbocycles. The average Bonchev–Trinajstić information content (AvgIpc) is 3.57. The smallest absolute Gasteiger partial charge is 0.194 e. The molecule has 0 aliphatic carbocycles. The quantitative estimate of drug-likeness (QED) is 0.0872. The summed E-state index contributed by atoms with van der Waals surface area (Å²) in [5, 5.41) is 2.16. The first-order chi connectivity index (χ1) is 28.0. The van der Waals surface area contributed by atoms with Gasteiger partial charge in [-0.05, 0) is 110 Å². The molecule has 0 bridgehead atoms. The van der Waals surface area contributed by atoms with E-state index >= 15 is 0 Å². The second-order valence-corrected chi connectivity index (χ2v) is 13.5.